The van der Waals surface area contributed by atoms with Crippen molar-refractivity contribution in [2.24, 2.45) is 0 Å². The van der Waals surface area contributed by atoms with E-state index in [2.05, 4.69) is 25.8 Å². The van der Waals surface area contributed by atoms with Crippen LogP contribution < -0.4 is 5.32 Å². The standard InChI is InChI=1S/C20H17F3N6O/c1-11-7-12(2)29(27-11)15-5-3-14(16(9-15)20(21,22)23)10-24-19(30)13-4-6-17-18(8-13)26-28-25-17/h3-9H,10H2,1-2H3,(H,24,30)(H,25,26,28). The number of carbonyl (C=O) groups excluding carboxylic acids is 1. The zero-order valence-corrected chi connectivity index (χ0v) is 16.1. The van der Waals surface area contributed by atoms with Gasteiger partial charge in [-0.2, -0.15) is 33.7 Å². The molecule has 0 saturated heterocycles. The smallest absolute Gasteiger partial charge is 0.348 e. The molecule has 2 aromatic heterocycles. The second-order valence-electron chi connectivity index (χ2n) is 6.89. The molecule has 1 amide bonds. The van der Waals surface area contributed by atoms with Crippen molar-refractivity contribution in [1.29, 1.82) is 0 Å². The Morgan fingerprint density at radius 3 is 2.53 bits per heavy atom. The highest BCUT2D eigenvalue weighted by molar-refractivity contribution is 5.97. The molecule has 154 valence electrons. The Morgan fingerprint density at radius 1 is 1.07 bits per heavy atom. The van der Waals surface area contributed by atoms with Gasteiger partial charge in [-0.15, -0.1) is 0 Å². The van der Waals surface area contributed by atoms with Gasteiger partial charge >= 0.3 is 6.18 Å². The van der Waals surface area contributed by atoms with E-state index in [4.69, 9.17) is 0 Å². The molecule has 4 rings (SSSR count). The van der Waals surface area contributed by atoms with Gasteiger partial charge in [0.1, 0.15) is 11.0 Å². The normalized spacial score (nSPS) is 11.8. The van der Waals surface area contributed by atoms with Crippen molar-refractivity contribution in [2.75, 3.05) is 0 Å². The minimum Gasteiger partial charge on any atom is -0.348 e. The van der Waals surface area contributed by atoms with Gasteiger partial charge in [0.15, 0.2) is 0 Å². The van der Waals surface area contributed by atoms with Gasteiger partial charge in [-0.25, -0.2) is 4.68 Å². The summed E-state index contributed by atoms with van der Waals surface area (Å²) in [5, 5.41) is 17.0. The van der Waals surface area contributed by atoms with Gasteiger partial charge in [-0.05, 0) is 55.8 Å². The van der Waals surface area contributed by atoms with Crippen LogP contribution >= 0.6 is 0 Å². The van der Waals surface area contributed by atoms with Crippen LogP contribution in [0.25, 0.3) is 16.7 Å². The first-order valence-electron chi connectivity index (χ1n) is 9.05. The van der Waals surface area contributed by atoms with Gasteiger partial charge in [0, 0.05) is 17.8 Å². The number of alkyl halides is 3. The highest BCUT2D eigenvalue weighted by Gasteiger charge is 2.34. The second-order valence-corrected chi connectivity index (χ2v) is 6.89. The molecular weight excluding hydrogens is 397 g/mol. The lowest BCUT2D eigenvalue weighted by Gasteiger charge is -2.16. The van der Waals surface area contributed by atoms with Gasteiger partial charge in [0.2, 0.25) is 0 Å². The number of amides is 1. The Balaban J connectivity index is 1.60. The van der Waals surface area contributed by atoms with Gasteiger partial charge in [-0.1, -0.05) is 6.07 Å². The third kappa shape index (κ3) is 3.76. The van der Waals surface area contributed by atoms with E-state index in [1.165, 1.54) is 22.9 Å². The van der Waals surface area contributed by atoms with Crippen molar-refractivity contribution >= 4 is 16.9 Å². The van der Waals surface area contributed by atoms with E-state index in [1.807, 2.05) is 0 Å². The molecule has 4 aromatic rings. The molecule has 0 aliphatic rings. The monoisotopic (exact) mass is 414 g/mol. The maximum absolute atomic E-state index is 13.7. The van der Waals surface area contributed by atoms with Crippen LogP contribution in [0.15, 0.2) is 42.5 Å². The van der Waals surface area contributed by atoms with E-state index in [9.17, 15) is 18.0 Å². The molecule has 10 heteroatoms. The molecule has 0 radical (unpaired) electrons. The summed E-state index contributed by atoms with van der Waals surface area (Å²) in [6.07, 6.45) is -4.58. The van der Waals surface area contributed by atoms with Crippen LogP contribution in [-0.2, 0) is 12.7 Å². The van der Waals surface area contributed by atoms with Crippen LogP contribution in [0.1, 0.15) is 32.9 Å². The number of H-pyrrole nitrogens is 1. The lowest BCUT2D eigenvalue weighted by atomic mass is 10.1. The minimum absolute atomic E-state index is 0.0383. The number of nitrogens with one attached hydrogen (secondary N) is 2. The fourth-order valence-corrected chi connectivity index (χ4v) is 3.26. The molecule has 0 fully saturated rings. The zero-order chi connectivity index (χ0) is 21.5. The Hall–Kier alpha value is -3.69. The highest BCUT2D eigenvalue weighted by Crippen LogP contribution is 2.33. The van der Waals surface area contributed by atoms with E-state index in [1.54, 1.807) is 32.0 Å². The van der Waals surface area contributed by atoms with Gasteiger partial charge in [-0.3, -0.25) is 4.79 Å². The molecular formula is C20H17F3N6O. The quantitative estimate of drug-likeness (QED) is 0.533. The van der Waals surface area contributed by atoms with Crippen LogP contribution in [0.2, 0.25) is 0 Å². The number of nitrogens with zero attached hydrogens (tertiary/aromatic N) is 4. The molecule has 7 nitrogen and oxygen atoms in total. The molecule has 0 atom stereocenters. The Morgan fingerprint density at radius 2 is 1.83 bits per heavy atom. The number of aromatic amines is 1. The number of fused-ring (bicyclic) bond motifs is 1. The minimum atomic E-state index is -4.58. The lowest BCUT2D eigenvalue weighted by Crippen LogP contribution is -2.24. The summed E-state index contributed by atoms with van der Waals surface area (Å²) >= 11 is 0. The topological polar surface area (TPSA) is 88.5 Å². The van der Waals surface area contributed by atoms with Gasteiger partial charge in [0.25, 0.3) is 5.91 Å². The summed E-state index contributed by atoms with van der Waals surface area (Å²) in [6.45, 7) is 3.27. The van der Waals surface area contributed by atoms with Crippen LogP contribution in [-0.4, -0.2) is 31.1 Å². The third-order valence-corrected chi connectivity index (χ3v) is 4.67. The average Bonchev–Trinajstić information content (AvgIpc) is 3.30. The fraction of sp³-hybridized carbons (Fsp3) is 0.200. The first kappa shape index (κ1) is 19.6. The molecule has 2 heterocycles. The summed E-state index contributed by atoms with van der Waals surface area (Å²) in [7, 11) is 0. The van der Waals surface area contributed by atoms with Crippen molar-refractivity contribution in [3.05, 3.63) is 70.5 Å². The molecule has 0 bridgehead atoms. The first-order valence-corrected chi connectivity index (χ1v) is 9.05. The van der Waals surface area contributed by atoms with Gasteiger partial charge in [0.05, 0.1) is 16.9 Å². The molecule has 2 aromatic carbocycles. The number of rotatable bonds is 4. The van der Waals surface area contributed by atoms with E-state index >= 15 is 0 Å². The van der Waals surface area contributed by atoms with Crippen LogP contribution in [0.3, 0.4) is 0 Å². The fourth-order valence-electron chi connectivity index (χ4n) is 3.26. The SMILES string of the molecule is Cc1cc(C)n(-c2ccc(CNC(=O)c3ccc4n[nH]nc4c3)c(C(F)(F)F)c2)n1. The Kier molecular flexibility index (Phi) is 4.76. The number of halogens is 3. The number of benzene rings is 2. The maximum atomic E-state index is 13.7. The van der Waals surface area contributed by atoms with E-state index in [0.29, 0.717) is 22.4 Å². The predicted molar refractivity (Wildman–Crippen MR) is 103 cm³/mol. The summed E-state index contributed by atoms with van der Waals surface area (Å²) in [5.74, 6) is -0.504. The summed E-state index contributed by atoms with van der Waals surface area (Å²) in [5.41, 5.74) is 2.25. The second kappa shape index (κ2) is 7.29. The predicted octanol–water partition coefficient (Wildman–Crippen LogP) is 3.71. The van der Waals surface area contributed by atoms with E-state index < -0.39 is 17.6 Å². The van der Waals surface area contributed by atoms with Gasteiger partial charge < -0.3 is 5.32 Å². The first-order chi connectivity index (χ1) is 14.2. The van der Waals surface area contributed by atoms with Crippen molar-refractivity contribution in [1.82, 2.24) is 30.5 Å². The molecule has 0 spiro atoms. The number of hydrogen-bond donors (Lipinski definition) is 2. The average molecular weight is 414 g/mol. The van der Waals surface area contributed by atoms with Crippen molar-refractivity contribution < 1.29 is 18.0 Å². The number of aromatic nitrogens is 5. The third-order valence-electron chi connectivity index (χ3n) is 4.67. The zero-order valence-electron chi connectivity index (χ0n) is 16.1. The lowest BCUT2D eigenvalue weighted by molar-refractivity contribution is -0.138. The molecule has 0 unspecified atom stereocenters. The Labute approximate surface area is 168 Å². The molecule has 0 saturated carbocycles. The summed E-state index contributed by atoms with van der Waals surface area (Å²) in [6, 6.07) is 10.4. The van der Waals surface area contributed by atoms with Crippen LogP contribution in [0.5, 0.6) is 0 Å². The molecule has 0 aliphatic heterocycles. The van der Waals surface area contributed by atoms with Crippen molar-refractivity contribution in [3.63, 3.8) is 0 Å². The number of aryl methyl sites for hydroxylation is 2. The van der Waals surface area contributed by atoms with Crippen LogP contribution in [0.4, 0.5) is 13.2 Å². The highest BCUT2D eigenvalue weighted by atomic mass is 19.4. The molecule has 0 aliphatic carbocycles. The Bertz CT molecular complexity index is 1240. The molecule has 30 heavy (non-hydrogen) atoms. The maximum Gasteiger partial charge on any atom is 0.416 e. The van der Waals surface area contributed by atoms with E-state index in [-0.39, 0.29) is 17.7 Å². The summed E-state index contributed by atoms with van der Waals surface area (Å²) < 4.78 is 42.5. The number of hydrogen-bond acceptors (Lipinski definition) is 4. The van der Waals surface area contributed by atoms with Crippen molar-refractivity contribution in [2.45, 2.75) is 26.6 Å². The molecule has 2 N–H and O–H groups in total. The summed E-state index contributed by atoms with van der Waals surface area (Å²) in [4.78, 5) is 12.4. The van der Waals surface area contributed by atoms with Crippen LogP contribution in [0, 0.1) is 13.8 Å². The van der Waals surface area contributed by atoms with Crippen molar-refractivity contribution in [3.8, 4) is 5.69 Å². The van der Waals surface area contributed by atoms with E-state index in [0.717, 1.165) is 11.8 Å². The number of carbonyl (C=O) groups is 1. The largest absolute Gasteiger partial charge is 0.416 e.